The maximum atomic E-state index is 12.2. The van der Waals surface area contributed by atoms with Crippen LogP contribution in [0.1, 0.15) is 19.8 Å². The van der Waals surface area contributed by atoms with Gasteiger partial charge >= 0.3 is 6.09 Å². The van der Waals surface area contributed by atoms with Crippen molar-refractivity contribution < 1.29 is 9.53 Å². The lowest BCUT2D eigenvalue weighted by Crippen LogP contribution is -2.40. The number of pyridine rings is 1. The molecule has 1 saturated heterocycles. The second kappa shape index (κ2) is 8.81. The van der Waals surface area contributed by atoms with E-state index in [9.17, 15) is 4.79 Å². The molecular weight excluding hydrogens is 360 g/mol. The Morgan fingerprint density at radius 3 is 2.56 bits per heavy atom. The number of hydrogen-bond donors (Lipinski definition) is 1. The highest BCUT2D eigenvalue weighted by molar-refractivity contribution is 7.80. The highest BCUT2D eigenvalue weighted by Gasteiger charge is 2.18. The van der Waals surface area contributed by atoms with Gasteiger partial charge in [-0.15, -0.1) is 0 Å². The number of likely N-dealkylation sites (tertiary alicyclic amines) is 1. The largest absolute Gasteiger partial charge is 0.420 e. The molecule has 1 aromatic carbocycles. The number of hydrogen-bond acceptors (Lipinski definition) is 4. The molecule has 1 amide bonds. The van der Waals surface area contributed by atoms with Gasteiger partial charge < -0.3 is 15.0 Å². The van der Waals surface area contributed by atoms with Crippen molar-refractivity contribution in [3.8, 4) is 5.88 Å². The molecule has 27 heavy (non-hydrogen) atoms. The van der Waals surface area contributed by atoms with Gasteiger partial charge in [0, 0.05) is 31.9 Å². The van der Waals surface area contributed by atoms with Gasteiger partial charge in [0.2, 0.25) is 5.88 Å². The van der Waals surface area contributed by atoms with Crippen molar-refractivity contribution >= 4 is 34.8 Å². The molecule has 0 aliphatic carbocycles. The minimum atomic E-state index is -0.493. The number of benzene rings is 1. The number of nitrogens with zero attached hydrogens (tertiary/aromatic N) is 3. The van der Waals surface area contributed by atoms with Crippen LogP contribution in [0, 0.1) is 5.92 Å². The molecule has 6 nitrogen and oxygen atoms in total. The Bertz CT molecular complexity index is 774. The fourth-order valence-electron chi connectivity index (χ4n) is 2.84. The Labute approximate surface area is 165 Å². The van der Waals surface area contributed by atoms with E-state index in [1.165, 1.54) is 4.90 Å². The van der Waals surface area contributed by atoms with Crippen molar-refractivity contribution in [2.45, 2.75) is 19.8 Å². The van der Waals surface area contributed by atoms with Gasteiger partial charge in [-0.3, -0.25) is 4.90 Å². The topological polar surface area (TPSA) is 57.7 Å². The minimum Gasteiger partial charge on any atom is -0.391 e. The number of ether oxygens (including phenoxy) is 1. The summed E-state index contributed by atoms with van der Waals surface area (Å²) in [6.45, 7) is 4.22. The van der Waals surface area contributed by atoms with Crippen LogP contribution in [0.15, 0.2) is 48.7 Å². The molecule has 0 atom stereocenters. The molecule has 2 heterocycles. The summed E-state index contributed by atoms with van der Waals surface area (Å²) >= 11 is 5.48. The van der Waals surface area contributed by atoms with E-state index in [0.717, 1.165) is 43.2 Å². The zero-order valence-corrected chi connectivity index (χ0v) is 16.4. The Hall–Kier alpha value is -2.67. The molecule has 0 unspecified atom stereocenters. The molecule has 1 N–H and O–H groups in total. The molecule has 1 aliphatic rings. The molecule has 3 rings (SSSR count). The van der Waals surface area contributed by atoms with E-state index in [-0.39, 0.29) is 5.88 Å². The van der Waals surface area contributed by atoms with Gasteiger partial charge in [0.1, 0.15) is 0 Å². The van der Waals surface area contributed by atoms with E-state index in [0.29, 0.717) is 5.11 Å². The van der Waals surface area contributed by atoms with Gasteiger partial charge in [-0.2, -0.15) is 0 Å². The Kier molecular flexibility index (Phi) is 6.24. The SMILES string of the molecule is CC1CCN(C(=S)Nc2ccc(OC(=O)N(C)c3ccccc3)nc2)CC1. The average molecular weight is 385 g/mol. The zero-order chi connectivity index (χ0) is 19.2. The van der Waals surface area contributed by atoms with Crippen LogP contribution >= 0.6 is 12.2 Å². The number of carbonyl (C=O) groups is 1. The van der Waals surface area contributed by atoms with Gasteiger partial charge in [-0.1, -0.05) is 25.1 Å². The van der Waals surface area contributed by atoms with Crippen LogP contribution < -0.4 is 15.0 Å². The van der Waals surface area contributed by atoms with Crippen molar-refractivity contribution in [2.24, 2.45) is 5.92 Å². The summed E-state index contributed by atoms with van der Waals surface area (Å²) in [5, 5.41) is 3.91. The smallest absolute Gasteiger partial charge is 0.391 e. The van der Waals surface area contributed by atoms with Gasteiger partial charge in [0.15, 0.2) is 5.11 Å². The fourth-order valence-corrected chi connectivity index (χ4v) is 3.14. The average Bonchev–Trinajstić information content (AvgIpc) is 2.70. The zero-order valence-electron chi connectivity index (χ0n) is 15.6. The van der Waals surface area contributed by atoms with Gasteiger partial charge in [-0.25, -0.2) is 9.78 Å². The quantitative estimate of drug-likeness (QED) is 0.803. The number of amides is 1. The Morgan fingerprint density at radius 2 is 1.93 bits per heavy atom. The van der Waals surface area contributed by atoms with Crippen molar-refractivity contribution in [3.05, 3.63) is 48.7 Å². The lowest BCUT2D eigenvalue weighted by molar-refractivity contribution is 0.207. The molecule has 0 bridgehead atoms. The van der Waals surface area contributed by atoms with Crippen LogP contribution in [0.3, 0.4) is 0 Å². The summed E-state index contributed by atoms with van der Waals surface area (Å²) in [7, 11) is 1.66. The monoisotopic (exact) mass is 384 g/mol. The summed E-state index contributed by atoms with van der Waals surface area (Å²) < 4.78 is 5.32. The van der Waals surface area contributed by atoms with Gasteiger partial charge in [-0.05, 0) is 49.2 Å². The predicted octanol–water partition coefficient (Wildman–Crippen LogP) is 4.15. The van der Waals surface area contributed by atoms with Crippen LogP contribution in [0.5, 0.6) is 5.88 Å². The van der Waals surface area contributed by atoms with Crippen molar-refractivity contribution in [1.29, 1.82) is 0 Å². The lowest BCUT2D eigenvalue weighted by Gasteiger charge is -2.32. The first-order valence-corrected chi connectivity index (χ1v) is 9.46. The second-order valence-electron chi connectivity index (χ2n) is 6.75. The van der Waals surface area contributed by atoms with Crippen LogP contribution in [0.4, 0.5) is 16.2 Å². The molecular formula is C20H24N4O2S. The first-order valence-electron chi connectivity index (χ1n) is 9.05. The fraction of sp³-hybridized carbons (Fsp3) is 0.350. The minimum absolute atomic E-state index is 0.242. The number of anilines is 2. The first kappa shape index (κ1) is 19.1. The maximum absolute atomic E-state index is 12.2. The highest BCUT2D eigenvalue weighted by Crippen LogP contribution is 2.19. The molecule has 0 spiro atoms. The van der Waals surface area contributed by atoms with Crippen molar-refractivity contribution in [1.82, 2.24) is 9.88 Å². The number of carbonyl (C=O) groups excluding carboxylic acids is 1. The number of para-hydroxylation sites is 1. The lowest BCUT2D eigenvalue weighted by atomic mass is 10.00. The van der Waals surface area contributed by atoms with Crippen LogP contribution in [-0.2, 0) is 0 Å². The molecule has 1 aliphatic heterocycles. The Morgan fingerprint density at radius 1 is 1.22 bits per heavy atom. The summed E-state index contributed by atoms with van der Waals surface area (Å²) in [4.78, 5) is 20.0. The van der Waals surface area contributed by atoms with E-state index < -0.39 is 6.09 Å². The molecule has 1 fully saturated rings. The van der Waals surface area contributed by atoms with E-state index >= 15 is 0 Å². The normalized spacial score (nSPS) is 14.5. The van der Waals surface area contributed by atoms with Crippen LogP contribution in [0.2, 0.25) is 0 Å². The number of rotatable bonds is 3. The third-order valence-corrected chi connectivity index (χ3v) is 5.03. The molecule has 2 aromatic rings. The summed E-state index contributed by atoms with van der Waals surface area (Å²) in [6, 6.07) is 12.8. The molecule has 1 aromatic heterocycles. The first-order chi connectivity index (χ1) is 13.0. The summed E-state index contributed by atoms with van der Waals surface area (Å²) in [5.41, 5.74) is 1.52. The van der Waals surface area contributed by atoms with E-state index in [1.54, 1.807) is 25.4 Å². The number of piperidine rings is 1. The maximum Gasteiger partial charge on any atom is 0.420 e. The van der Waals surface area contributed by atoms with E-state index in [1.807, 2.05) is 30.3 Å². The predicted molar refractivity (Wildman–Crippen MR) is 111 cm³/mol. The summed E-state index contributed by atoms with van der Waals surface area (Å²) in [5.74, 6) is 1.000. The molecule has 0 radical (unpaired) electrons. The molecule has 142 valence electrons. The van der Waals surface area contributed by atoms with Crippen molar-refractivity contribution in [2.75, 3.05) is 30.4 Å². The van der Waals surface area contributed by atoms with Crippen LogP contribution in [0.25, 0.3) is 0 Å². The van der Waals surface area contributed by atoms with E-state index in [2.05, 4.69) is 22.1 Å². The molecule has 7 heteroatoms. The van der Waals surface area contributed by atoms with Gasteiger partial charge in [0.25, 0.3) is 0 Å². The highest BCUT2D eigenvalue weighted by atomic mass is 32.1. The number of nitrogens with one attached hydrogen (secondary N) is 1. The standard InChI is InChI=1S/C20H24N4O2S/c1-15-10-12-24(13-11-15)19(27)22-16-8-9-18(21-14-16)26-20(25)23(2)17-6-4-3-5-7-17/h3-9,14-15H,10-13H2,1-2H3,(H,22,27). The van der Waals surface area contributed by atoms with Crippen LogP contribution in [-0.4, -0.2) is 41.2 Å². The summed E-state index contributed by atoms with van der Waals surface area (Å²) in [6.07, 6.45) is 3.44. The second-order valence-corrected chi connectivity index (χ2v) is 7.13. The number of thiocarbonyl (C=S) groups is 1. The third-order valence-electron chi connectivity index (χ3n) is 4.67. The van der Waals surface area contributed by atoms with Gasteiger partial charge in [0.05, 0.1) is 11.9 Å². The third kappa shape index (κ3) is 5.17. The van der Waals surface area contributed by atoms with Crippen molar-refractivity contribution in [3.63, 3.8) is 0 Å². The van der Waals surface area contributed by atoms with E-state index in [4.69, 9.17) is 17.0 Å². The molecule has 0 saturated carbocycles. The Balaban J connectivity index is 1.54. The number of aromatic nitrogens is 1.